The molecule has 0 aromatic heterocycles. The first kappa shape index (κ1) is 13.6. The van der Waals surface area contributed by atoms with Gasteiger partial charge in [-0.25, -0.2) is 0 Å². The van der Waals surface area contributed by atoms with Crippen LogP contribution in [0.25, 0.3) is 0 Å². The molecule has 0 bridgehead atoms. The van der Waals surface area contributed by atoms with Crippen molar-refractivity contribution in [2.45, 2.75) is 53.6 Å². The zero-order valence-electron chi connectivity index (χ0n) is 12.6. The zero-order chi connectivity index (χ0) is 13.7. The summed E-state index contributed by atoms with van der Waals surface area (Å²) in [5, 5.41) is 0. The highest BCUT2D eigenvalue weighted by Gasteiger charge is 2.51. The van der Waals surface area contributed by atoms with Crippen molar-refractivity contribution in [3.8, 4) is 0 Å². The fraction of sp³-hybridized carbons (Fsp3) is 0.800. The lowest BCUT2D eigenvalue weighted by Gasteiger charge is -2.43. The van der Waals surface area contributed by atoms with Crippen LogP contribution in [0.3, 0.4) is 0 Å². The second-order valence-corrected chi connectivity index (χ2v) is 6.70. The largest absolute Gasteiger partial charge is 0.332 e. The number of amides is 1. The number of carbonyl (C=O) groups excluding carboxylic acids is 1. The number of piperazine rings is 1. The van der Waals surface area contributed by atoms with E-state index in [2.05, 4.69) is 51.3 Å². The lowest BCUT2D eigenvalue weighted by molar-refractivity contribution is -0.128. The fourth-order valence-corrected chi connectivity index (χ4v) is 3.58. The van der Waals surface area contributed by atoms with Crippen molar-refractivity contribution in [3.63, 3.8) is 0 Å². The van der Waals surface area contributed by atoms with E-state index in [1.807, 2.05) is 0 Å². The molecule has 0 N–H and O–H groups in total. The Morgan fingerprint density at radius 1 is 1.28 bits per heavy atom. The number of nitrogens with zero attached hydrogens (tertiary/aromatic N) is 2. The number of hydrogen-bond donors (Lipinski definition) is 0. The van der Waals surface area contributed by atoms with Crippen LogP contribution in [0, 0.1) is 5.41 Å². The van der Waals surface area contributed by atoms with Crippen molar-refractivity contribution in [1.29, 1.82) is 0 Å². The summed E-state index contributed by atoms with van der Waals surface area (Å²) in [6.07, 6.45) is 0. The van der Waals surface area contributed by atoms with Crippen LogP contribution in [-0.4, -0.2) is 47.4 Å². The van der Waals surface area contributed by atoms with Gasteiger partial charge in [-0.05, 0) is 27.7 Å². The maximum atomic E-state index is 12.5. The summed E-state index contributed by atoms with van der Waals surface area (Å²) in [4.78, 5) is 17.1. The highest BCUT2D eigenvalue weighted by atomic mass is 16.2. The van der Waals surface area contributed by atoms with Crippen LogP contribution in [0.15, 0.2) is 11.1 Å². The van der Waals surface area contributed by atoms with Crippen LogP contribution in [0.5, 0.6) is 0 Å². The molecule has 1 atom stereocenters. The molecule has 1 unspecified atom stereocenters. The van der Waals surface area contributed by atoms with E-state index in [-0.39, 0.29) is 11.3 Å². The monoisotopic (exact) mass is 250 g/mol. The topological polar surface area (TPSA) is 23.6 Å². The van der Waals surface area contributed by atoms with E-state index >= 15 is 0 Å². The minimum atomic E-state index is -0.0243. The van der Waals surface area contributed by atoms with Gasteiger partial charge in [-0.15, -0.1) is 0 Å². The zero-order valence-corrected chi connectivity index (χ0v) is 12.6. The maximum Gasteiger partial charge on any atom is 0.250 e. The Labute approximate surface area is 111 Å². The van der Waals surface area contributed by atoms with Crippen LogP contribution in [0.2, 0.25) is 0 Å². The second-order valence-electron chi connectivity index (χ2n) is 6.70. The van der Waals surface area contributed by atoms with E-state index in [1.165, 1.54) is 5.57 Å². The molecule has 3 heteroatoms. The van der Waals surface area contributed by atoms with Crippen molar-refractivity contribution < 1.29 is 4.79 Å². The minimum absolute atomic E-state index is 0.0243. The number of hydrogen-bond acceptors (Lipinski definition) is 2. The van der Waals surface area contributed by atoms with E-state index < -0.39 is 0 Å². The van der Waals surface area contributed by atoms with Gasteiger partial charge in [0.2, 0.25) is 0 Å². The number of fused-ring (bicyclic) bond motifs is 1. The first-order valence-corrected chi connectivity index (χ1v) is 6.99. The highest BCUT2D eigenvalue weighted by molar-refractivity contribution is 5.98. The van der Waals surface area contributed by atoms with E-state index in [9.17, 15) is 4.79 Å². The van der Waals surface area contributed by atoms with Gasteiger partial charge in [0.1, 0.15) is 0 Å². The molecule has 2 rings (SSSR count). The molecule has 2 fully saturated rings. The van der Waals surface area contributed by atoms with Gasteiger partial charge >= 0.3 is 0 Å². The summed E-state index contributed by atoms with van der Waals surface area (Å²) in [5.41, 5.74) is 2.19. The molecular formula is C15H26N2O. The number of carbonyl (C=O) groups is 1. The predicted octanol–water partition coefficient (Wildman–Crippen LogP) is 2.28. The van der Waals surface area contributed by atoms with Gasteiger partial charge in [0.25, 0.3) is 5.91 Å². The molecule has 2 heterocycles. The molecule has 18 heavy (non-hydrogen) atoms. The van der Waals surface area contributed by atoms with Crippen LogP contribution < -0.4 is 0 Å². The average molecular weight is 250 g/mol. The van der Waals surface area contributed by atoms with Gasteiger partial charge in [0, 0.05) is 36.7 Å². The Balaban J connectivity index is 2.35. The molecule has 3 nitrogen and oxygen atoms in total. The van der Waals surface area contributed by atoms with Gasteiger partial charge < -0.3 is 4.90 Å². The average Bonchev–Trinajstić information content (AvgIpc) is 2.46. The molecule has 2 aliphatic heterocycles. The van der Waals surface area contributed by atoms with Crippen LogP contribution >= 0.6 is 0 Å². The third-order valence-corrected chi connectivity index (χ3v) is 4.59. The highest BCUT2D eigenvalue weighted by Crippen LogP contribution is 2.44. The molecule has 0 aromatic rings. The first-order chi connectivity index (χ1) is 8.26. The summed E-state index contributed by atoms with van der Waals surface area (Å²) in [5.74, 6) is 0.272. The molecule has 2 saturated heterocycles. The number of rotatable bonds is 1. The third kappa shape index (κ3) is 1.89. The van der Waals surface area contributed by atoms with E-state index in [0.717, 1.165) is 25.2 Å². The molecule has 102 valence electrons. The Morgan fingerprint density at radius 2 is 1.89 bits per heavy atom. The van der Waals surface area contributed by atoms with E-state index in [1.54, 1.807) is 0 Å². The van der Waals surface area contributed by atoms with Gasteiger partial charge in [-0.1, -0.05) is 19.4 Å². The van der Waals surface area contributed by atoms with Crippen LogP contribution in [-0.2, 0) is 4.79 Å². The van der Waals surface area contributed by atoms with Crippen molar-refractivity contribution >= 4 is 5.91 Å². The smallest absolute Gasteiger partial charge is 0.250 e. The molecule has 0 saturated carbocycles. The maximum absolute atomic E-state index is 12.5. The molecule has 0 radical (unpaired) electrons. The van der Waals surface area contributed by atoms with Crippen molar-refractivity contribution in [3.05, 3.63) is 11.1 Å². The van der Waals surface area contributed by atoms with Crippen LogP contribution in [0.1, 0.15) is 41.5 Å². The molecule has 2 aliphatic rings. The quantitative estimate of drug-likeness (QED) is 0.667. The predicted molar refractivity (Wildman–Crippen MR) is 74.4 cm³/mol. The van der Waals surface area contributed by atoms with Crippen LogP contribution in [0.4, 0.5) is 0 Å². The summed E-state index contributed by atoms with van der Waals surface area (Å²) >= 11 is 0. The standard InChI is InChI=1S/C15H26N2O/c1-10(2)13-14(18)17-8-7-16(11(3)4)9-12(17)15(13,5)6/h11-12H,7-9H2,1-6H3. The lowest BCUT2D eigenvalue weighted by Crippen LogP contribution is -2.56. The summed E-state index contributed by atoms with van der Waals surface area (Å²) in [6.45, 7) is 15.9. The van der Waals surface area contributed by atoms with Gasteiger partial charge in [0.15, 0.2) is 0 Å². The third-order valence-electron chi connectivity index (χ3n) is 4.59. The Morgan fingerprint density at radius 3 is 2.39 bits per heavy atom. The Bertz CT molecular complexity index is 391. The van der Waals surface area contributed by atoms with Gasteiger partial charge in [0.05, 0.1) is 6.04 Å². The molecule has 0 spiro atoms. The Kier molecular flexibility index (Phi) is 3.30. The van der Waals surface area contributed by atoms with Crippen molar-refractivity contribution in [1.82, 2.24) is 9.80 Å². The summed E-state index contributed by atoms with van der Waals surface area (Å²) in [6, 6.07) is 0.903. The minimum Gasteiger partial charge on any atom is -0.332 e. The Hall–Kier alpha value is -0.830. The normalized spacial score (nSPS) is 27.9. The van der Waals surface area contributed by atoms with E-state index in [0.29, 0.717) is 12.1 Å². The molecule has 0 aromatic carbocycles. The summed E-state index contributed by atoms with van der Waals surface area (Å²) in [7, 11) is 0. The second kappa shape index (κ2) is 4.37. The van der Waals surface area contributed by atoms with Crippen molar-refractivity contribution in [2.24, 2.45) is 5.41 Å². The molecular weight excluding hydrogens is 224 g/mol. The summed E-state index contributed by atoms with van der Waals surface area (Å²) < 4.78 is 0. The molecule has 0 aliphatic carbocycles. The first-order valence-electron chi connectivity index (χ1n) is 6.99. The fourth-order valence-electron chi connectivity index (χ4n) is 3.58. The number of allylic oxidation sites excluding steroid dienone is 1. The SMILES string of the molecule is CC(C)=C1C(=O)N2CCN(C(C)C)CC2C1(C)C. The van der Waals surface area contributed by atoms with E-state index in [4.69, 9.17) is 0 Å². The van der Waals surface area contributed by atoms with Crippen molar-refractivity contribution in [2.75, 3.05) is 19.6 Å². The lowest BCUT2D eigenvalue weighted by atomic mass is 9.78. The molecule has 1 amide bonds. The van der Waals surface area contributed by atoms with Gasteiger partial charge in [-0.3, -0.25) is 9.69 Å². The van der Waals surface area contributed by atoms with Gasteiger partial charge in [-0.2, -0.15) is 0 Å².